The zero-order chi connectivity index (χ0) is 15.2. The second-order valence-electron chi connectivity index (χ2n) is 6.19. The minimum atomic E-state index is 0.461. The largest absolute Gasteiger partial charge is 0.379 e. The van der Waals surface area contributed by atoms with E-state index in [9.17, 15) is 0 Å². The molecule has 0 aliphatic carbocycles. The monoisotopic (exact) mass is 289 g/mol. The van der Waals surface area contributed by atoms with Crippen LogP contribution < -0.4 is 5.32 Å². The van der Waals surface area contributed by atoms with E-state index in [0.29, 0.717) is 18.6 Å². The van der Waals surface area contributed by atoms with E-state index < -0.39 is 0 Å². The van der Waals surface area contributed by atoms with Crippen LogP contribution in [0.3, 0.4) is 0 Å². The van der Waals surface area contributed by atoms with Crippen molar-refractivity contribution in [2.45, 2.75) is 46.8 Å². The minimum absolute atomic E-state index is 0.461. The third-order valence-electron chi connectivity index (χ3n) is 3.31. The van der Waals surface area contributed by atoms with Gasteiger partial charge in [0.25, 0.3) is 0 Å². The summed E-state index contributed by atoms with van der Waals surface area (Å²) in [6.07, 6.45) is 0. The van der Waals surface area contributed by atoms with Crippen molar-refractivity contribution < 1.29 is 4.74 Å². The Balaban J connectivity index is 2.08. The summed E-state index contributed by atoms with van der Waals surface area (Å²) in [6.45, 7) is 11.8. The van der Waals surface area contributed by atoms with E-state index in [1.165, 1.54) is 10.9 Å². The maximum atomic E-state index is 5.68. The van der Waals surface area contributed by atoms with Gasteiger partial charge >= 0.3 is 0 Å². The lowest BCUT2D eigenvalue weighted by atomic mass is 10.2. The number of hydrogen-bond donors (Lipinski definition) is 1. The number of hydrogen-bond acceptors (Lipinski definition) is 3. The van der Waals surface area contributed by atoms with Crippen LogP contribution in [0.15, 0.2) is 24.3 Å². The van der Waals surface area contributed by atoms with Gasteiger partial charge in [0.2, 0.25) is 0 Å². The molecule has 1 aromatic carbocycles. The summed E-state index contributed by atoms with van der Waals surface area (Å²) < 4.78 is 7.74. The van der Waals surface area contributed by atoms with Gasteiger partial charge in [-0.15, -0.1) is 0 Å². The van der Waals surface area contributed by atoms with Crippen LogP contribution in [0, 0.1) is 5.92 Å². The fraction of sp³-hybridized carbons (Fsp3) is 0.588. The van der Waals surface area contributed by atoms with Gasteiger partial charge in [0.15, 0.2) is 0 Å². The molecule has 0 atom stereocenters. The zero-order valence-corrected chi connectivity index (χ0v) is 13.6. The average Bonchev–Trinajstić information content (AvgIpc) is 2.80. The number of fused-ring (bicyclic) bond motifs is 1. The molecule has 4 nitrogen and oxygen atoms in total. The van der Waals surface area contributed by atoms with Gasteiger partial charge in [0, 0.05) is 24.6 Å². The van der Waals surface area contributed by atoms with Gasteiger partial charge in [0.05, 0.1) is 24.4 Å². The van der Waals surface area contributed by atoms with Gasteiger partial charge in [-0.05, 0) is 12.0 Å². The summed E-state index contributed by atoms with van der Waals surface area (Å²) in [5, 5.41) is 9.43. The Morgan fingerprint density at radius 1 is 1.19 bits per heavy atom. The van der Waals surface area contributed by atoms with E-state index in [1.807, 2.05) is 0 Å². The molecule has 1 N–H and O–H groups in total. The number of ether oxygens (including phenoxy) is 1. The first kappa shape index (κ1) is 16.0. The molecule has 0 aliphatic rings. The van der Waals surface area contributed by atoms with Crippen molar-refractivity contribution in [2.75, 3.05) is 13.2 Å². The minimum Gasteiger partial charge on any atom is -0.379 e. The summed E-state index contributed by atoms with van der Waals surface area (Å²) >= 11 is 0. The second-order valence-corrected chi connectivity index (χ2v) is 6.19. The maximum absolute atomic E-state index is 5.68. The number of aromatic nitrogens is 2. The molecule has 2 aromatic rings. The van der Waals surface area contributed by atoms with E-state index in [1.54, 1.807) is 0 Å². The van der Waals surface area contributed by atoms with Crippen molar-refractivity contribution in [1.82, 2.24) is 15.1 Å². The van der Waals surface area contributed by atoms with Crippen LogP contribution in [0.5, 0.6) is 0 Å². The molecule has 0 amide bonds. The number of benzene rings is 1. The predicted molar refractivity (Wildman–Crippen MR) is 87.4 cm³/mol. The number of nitrogens with zero attached hydrogens (tertiary/aromatic N) is 2. The van der Waals surface area contributed by atoms with Gasteiger partial charge in [-0.25, -0.2) is 0 Å². The molecule has 1 heterocycles. The third-order valence-corrected chi connectivity index (χ3v) is 3.31. The Bertz CT molecular complexity index is 560. The molecule has 1 aromatic heterocycles. The molecule has 0 spiro atoms. The van der Waals surface area contributed by atoms with Crippen LogP contribution in [0.1, 0.15) is 33.4 Å². The van der Waals surface area contributed by atoms with Crippen LogP contribution in [-0.4, -0.2) is 29.0 Å². The molecule has 0 saturated carbocycles. The van der Waals surface area contributed by atoms with Crippen molar-refractivity contribution in [3.63, 3.8) is 0 Å². The lowest BCUT2D eigenvalue weighted by molar-refractivity contribution is 0.102. The fourth-order valence-corrected chi connectivity index (χ4v) is 2.27. The highest BCUT2D eigenvalue weighted by Crippen LogP contribution is 2.18. The Morgan fingerprint density at radius 2 is 1.95 bits per heavy atom. The summed E-state index contributed by atoms with van der Waals surface area (Å²) in [5.74, 6) is 0.574. The first-order valence-corrected chi connectivity index (χ1v) is 7.83. The Kier molecular flexibility index (Phi) is 5.76. The molecule has 0 radical (unpaired) electrons. The Hall–Kier alpha value is -1.39. The molecule has 0 fully saturated rings. The summed E-state index contributed by atoms with van der Waals surface area (Å²) in [6, 6.07) is 8.87. The Morgan fingerprint density at radius 3 is 2.67 bits per heavy atom. The Labute approximate surface area is 127 Å². The second kappa shape index (κ2) is 7.57. The summed E-state index contributed by atoms with van der Waals surface area (Å²) in [7, 11) is 0. The lowest BCUT2D eigenvalue weighted by Gasteiger charge is -2.07. The van der Waals surface area contributed by atoms with Gasteiger partial charge in [-0.3, -0.25) is 4.68 Å². The molecular weight excluding hydrogens is 262 g/mol. The van der Waals surface area contributed by atoms with Crippen LogP contribution in [-0.2, 0) is 17.8 Å². The van der Waals surface area contributed by atoms with Crippen molar-refractivity contribution in [3.8, 4) is 0 Å². The third kappa shape index (κ3) is 4.55. The van der Waals surface area contributed by atoms with Crippen LogP contribution in [0.4, 0.5) is 0 Å². The first-order valence-electron chi connectivity index (χ1n) is 7.83. The molecule has 0 saturated heterocycles. The van der Waals surface area contributed by atoms with E-state index in [4.69, 9.17) is 9.84 Å². The SMILES string of the molecule is CC(C)COCCn1nc(CNC(C)C)c2ccccc21. The van der Waals surface area contributed by atoms with Crippen LogP contribution in [0.25, 0.3) is 10.9 Å². The van der Waals surface area contributed by atoms with Gasteiger partial charge in [0.1, 0.15) is 0 Å². The van der Waals surface area contributed by atoms with E-state index in [0.717, 1.165) is 25.4 Å². The average molecular weight is 289 g/mol. The molecule has 116 valence electrons. The molecule has 2 rings (SSSR count). The van der Waals surface area contributed by atoms with Gasteiger partial charge in [-0.1, -0.05) is 45.9 Å². The van der Waals surface area contributed by atoms with Crippen LogP contribution in [0.2, 0.25) is 0 Å². The van der Waals surface area contributed by atoms with E-state index in [-0.39, 0.29) is 0 Å². The quantitative estimate of drug-likeness (QED) is 0.759. The van der Waals surface area contributed by atoms with Gasteiger partial charge < -0.3 is 10.1 Å². The van der Waals surface area contributed by atoms with E-state index in [2.05, 4.69) is 62.0 Å². The van der Waals surface area contributed by atoms with Crippen molar-refractivity contribution in [3.05, 3.63) is 30.0 Å². The standard InChI is InChI=1S/C17H27N3O/c1-13(2)12-21-10-9-20-17-8-6-5-7-15(17)16(19-20)11-18-14(3)4/h5-8,13-14,18H,9-12H2,1-4H3. The highest BCUT2D eigenvalue weighted by Gasteiger charge is 2.10. The molecule has 21 heavy (non-hydrogen) atoms. The maximum Gasteiger partial charge on any atom is 0.0841 e. The predicted octanol–water partition coefficient (Wildman–Crippen LogP) is 3.21. The van der Waals surface area contributed by atoms with E-state index >= 15 is 0 Å². The topological polar surface area (TPSA) is 39.1 Å². The lowest BCUT2D eigenvalue weighted by Crippen LogP contribution is -2.22. The molecular formula is C17H27N3O. The number of nitrogens with one attached hydrogen (secondary N) is 1. The number of rotatable bonds is 8. The van der Waals surface area contributed by atoms with Crippen LogP contribution >= 0.6 is 0 Å². The van der Waals surface area contributed by atoms with Crippen molar-refractivity contribution in [1.29, 1.82) is 0 Å². The van der Waals surface area contributed by atoms with Gasteiger partial charge in [-0.2, -0.15) is 5.10 Å². The smallest absolute Gasteiger partial charge is 0.0841 e. The molecule has 4 heteroatoms. The van der Waals surface area contributed by atoms with Crippen molar-refractivity contribution in [2.24, 2.45) is 5.92 Å². The first-order chi connectivity index (χ1) is 10.1. The molecule has 0 unspecified atom stereocenters. The molecule has 0 aliphatic heterocycles. The van der Waals surface area contributed by atoms with Crippen molar-refractivity contribution >= 4 is 10.9 Å². The highest BCUT2D eigenvalue weighted by molar-refractivity contribution is 5.81. The normalized spacial score (nSPS) is 11.9. The fourth-order valence-electron chi connectivity index (χ4n) is 2.27. The summed E-state index contributed by atoms with van der Waals surface area (Å²) in [4.78, 5) is 0. The molecule has 0 bridgehead atoms. The number of para-hydroxylation sites is 1. The summed E-state index contributed by atoms with van der Waals surface area (Å²) in [5.41, 5.74) is 2.30. The highest BCUT2D eigenvalue weighted by atomic mass is 16.5. The zero-order valence-electron chi connectivity index (χ0n) is 13.6.